The molecule has 1 amide bonds. The molecule has 1 heterocycles. The van der Waals surface area contributed by atoms with Crippen molar-refractivity contribution in [2.45, 2.75) is 20.0 Å². The Balaban J connectivity index is 2.02. The van der Waals surface area contributed by atoms with Crippen molar-refractivity contribution in [3.63, 3.8) is 0 Å². The van der Waals surface area contributed by atoms with Crippen LogP contribution in [-0.2, 0) is 17.8 Å². The summed E-state index contributed by atoms with van der Waals surface area (Å²) in [4.78, 5) is 11.0. The molecule has 2 rings (SSSR count). The van der Waals surface area contributed by atoms with Gasteiger partial charge in [-0.25, -0.2) is 9.18 Å². The largest absolute Gasteiger partial charge is 0.453 e. The molecule has 1 aromatic carbocycles. The molecule has 2 N–H and O–H groups in total. The van der Waals surface area contributed by atoms with Crippen molar-refractivity contribution in [1.82, 2.24) is 9.78 Å². The van der Waals surface area contributed by atoms with Crippen molar-refractivity contribution in [1.29, 1.82) is 0 Å². The SMILES string of the molecule is CCn1nccc1CNc1ccc(NC(=O)OC)c(F)c1. The molecule has 0 atom stereocenters. The van der Waals surface area contributed by atoms with Gasteiger partial charge in [0.25, 0.3) is 0 Å². The predicted octanol–water partition coefficient (Wildman–Crippen LogP) is 2.83. The van der Waals surface area contributed by atoms with Crippen LogP contribution in [0.3, 0.4) is 0 Å². The lowest BCUT2D eigenvalue weighted by Crippen LogP contribution is -2.12. The number of halogens is 1. The molecule has 0 radical (unpaired) electrons. The molecule has 6 nitrogen and oxygen atoms in total. The third-order valence-electron chi connectivity index (χ3n) is 2.97. The Morgan fingerprint density at radius 3 is 2.90 bits per heavy atom. The number of ether oxygens (including phenoxy) is 1. The van der Waals surface area contributed by atoms with E-state index in [0.717, 1.165) is 12.2 Å². The first-order valence-corrected chi connectivity index (χ1v) is 6.53. The average Bonchev–Trinajstić information content (AvgIpc) is 2.95. The van der Waals surface area contributed by atoms with E-state index < -0.39 is 11.9 Å². The minimum absolute atomic E-state index is 0.0750. The molecule has 0 aliphatic carbocycles. The van der Waals surface area contributed by atoms with Crippen LogP contribution in [0.5, 0.6) is 0 Å². The monoisotopic (exact) mass is 292 g/mol. The molecular weight excluding hydrogens is 275 g/mol. The second-order valence-electron chi connectivity index (χ2n) is 4.30. The normalized spacial score (nSPS) is 10.2. The van der Waals surface area contributed by atoms with Crippen molar-refractivity contribution in [2.75, 3.05) is 17.7 Å². The van der Waals surface area contributed by atoms with Crippen molar-refractivity contribution in [3.05, 3.63) is 42.0 Å². The number of rotatable bonds is 5. The Bertz CT molecular complexity index is 627. The summed E-state index contributed by atoms with van der Waals surface area (Å²) >= 11 is 0. The first-order chi connectivity index (χ1) is 10.1. The van der Waals surface area contributed by atoms with Gasteiger partial charge in [0, 0.05) is 18.4 Å². The van der Waals surface area contributed by atoms with Gasteiger partial charge in [-0.3, -0.25) is 10.00 Å². The van der Waals surface area contributed by atoms with Gasteiger partial charge in [0.15, 0.2) is 0 Å². The zero-order valence-electron chi connectivity index (χ0n) is 11.9. The molecule has 0 bridgehead atoms. The van der Waals surface area contributed by atoms with E-state index >= 15 is 0 Å². The maximum absolute atomic E-state index is 13.8. The fourth-order valence-electron chi connectivity index (χ4n) is 1.88. The fourth-order valence-corrected chi connectivity index (χ4v) is 1.88. The van der Waals surface area contributed by atoms with Gasteiger partial charge >= 0.3 is 6.09 Å². The molecule has 0 fully saturated rings. The van der Waals surface area contributed by atoms with Crippen LogP contribution < -0.4 is 10.6 Å². The Hall–Kier alpha value is -2.57. The standard InChI is InChI=1S/C14H17FN4O2/c1-3-19-11(6-7-17-19)9-16-10-4-5-13(12(15)8-10)18-14(20)21-2/h4-8,16H,3,9H2,1-2H3,(H,18,20). The molecular formula is C14H17FN4O2. The van der Waals surface area contributed by atoms with Crippen molar-refractivity contribution >= 4 is 17.5 Å². The predicted molar refractivity (Wildman–Crippen MR) is 77.7 cm³/mol. The number of amides is 1. The van der Waals surface area contributed by atoms with Gasteiger partial charge < -0.3 is 10.1 Å². The minimum atomic E-state index is -0.707. The molecule has 0 aliphatic rings. The molecule has 0 spiro atoms. The van der Waals surface area contributed by atoms with Crippen LogP contribution in [0.15, 0.2) is 30.5 Å². The zero-order chi connectivity index (χ0) is 15.2. The molecule has 112 valence electrons. The second kappa shape index (κ2) is 6.74. The van der Waals surface area contributed by atoms with Gasteiger partial charge in [-0.05, 0) is 31.2 Å². The topological polar surface area (TPSA) is 68.2 Å². The highest BCUT2D eigenvalue weighted by molar-refractivity contribution is 5.84. The summed E-state index contributed by atoms with van der Waals surface area (Å²) in [6.45, 7) is 3.32. The van der Waals surface area contributed by atoms with E-state index in [-0.39, 0.29) is 5.69 Å². The number of aromatic nitrogens is 2. The summed E-state index contributed by atoms with van der Waals surface area (Å²) < 4.78 is 20.1. The number of methoxy groups -OCH3 is 1. The molecule has 7 heteroatoms. The van der Waals surface area contributed by atoms with E-state index in [4.69, 9.17) is 0 Å². The summed E-state index contributed by atoms with van der Waals surface area (Å²) in [7, 11) is 1.22. The van der Waals surface area contributed by atoms with Crippen LogP contribution in [0.4, 0.5) is 20.6 Å². The maximum Gasteiger partial charge on any atom is 0.411 e. The van der Waals surface area contributed by atoms with Gasteiger partial charge in [0.2, 0.25) is 0 Å². The maximum atomic E-state index is 13.8. The molecule has 0 saturated carbocycles. The van der Waals surface area contributed by atoms with Crippen molar-refractivity contribution < 1.29 is 13.9 Å². The van der Waals surface area contributed by atoms with E-state index in [1.54, 1.807) is 12.3 Å². The number of benzene rings is 1. The Kier molecular flexibility index (Phi) is 4.76. The molecule has 2 aromatic rings. The van der Waals surface area contributed by atoms with E-state index in [9.17, 15) is 9.18 Å². The molecule has 1 aromatic heterocycles. The van der Waals surface area contributed by atoms with Gasteiger partial charge in [-0.2, -0.15) is 5.10 Å². The summed E-state index contributed by atoms with van der Waals surface area (Å²) in [5.41, 5.74) is 1.70. The lowest BCUT2D eigenvalue weighted by molar-refractivity contribution is 0.187. The third kappa shape index (κ3) is 3.71. The van der Waals surface area contributed by atoms with E-state index in [1.807, 2.05) is 17.7 Å². The summed E-state index contributed by atoms with van der Waals surface area (Å²) in [6.07, 6.45) is 1.02. The Labute approximate surface area is 121 Å². The Morgan fingerprint density at radius 1 is 1.43 bits per heavy atom. The van der Waals surface area contributed by atoms with Crippen LogP contribution in [0.2, 0.25) is 0 Å². The lowest BCUT2D eigenvalue weighted by atomic mass is 10.2. The first-order valence-electron chi connectivity index (χ1n) is 6.53. The third-order valence-corrected chi connectivity index (χ3v) is 2.97. The van der Waals surface area contributed by atoms with Crippen molar-refractivity contribution in [2.24, 2.45) is 0 Å². The van der Waals surface area contributed by atoms with E-state index in [2.05, 4.69) is 20.5 Å². The van der Waals surface area contributed by atoms with Crippen LogP contribution in [-0.4, -0.2) is 23.0 Å². The van der Waals surface area contributed by atoms with Crippen LogP contribution in [0.25, 0.3) is 0 Å². The highest BCUT2D eigenvalue weighted by atomic mass is 19.1. The number of carbonyl (C=O) groups is 1. The first kappa shape index (κ1) is 14.8. The van der Waals surface area contributed by atoms with Gasteiger partial charge in [0.1, 0.15) is 5.82 Å². The van der Waals surface area contributed by atoms with E-state index in [1.165, 1.54) is 19.2 Å². The number of nitrogens with zero attached hydrogens (tertiary/aromatic N) is 2. The second-order valence-corrected chi connectivity index (χ2v) is 4.30. The number of hydrogen-bond donors (Lipinski definition) is 2. The Morgan fingerprint density at radius 2 is 2.24 bits per heavy atom. The number of nitrogens with one attached hydrogen (secondary N) is 2. The van der Waals surface area contributed by atoms with Gasteiger partial charge in [0.05, 0.1) is 25.0 Å². The quantitative estimate of drug-likeness (QED) is 0.889. The molecule has 0 unspecified atom stereocenters. The van der Waals surface area contributed by atoms with Crippen molar-refractivity contribution in [3.8, 4) is 0 Å². The highest BCUT2D eigenvalue weighted by Crippen LogP contribution is 2.19. The number of carbonyl (C=O) groups excluding carboxylic acids is 1. The highest BCUT2D eigenvalue weighted by Gasteiger charge is 2.08. The number of hydrogen-bond acceptors (Lipinski definition) is 4. The fraction of sp³-hybridized carbons (Fsp3) is 0.286. The van der Waals surface area contributed by atoms with Gasteiger partial charge in [-0.15, -0.1) is 0 Å². The van der Waals surface area contributed by atoms with Crippen LogP contribution in [0.1, 0.15) is 12.6 Å². The van der Waals surface area contributed by atoms with Gasteiger partial charge in [-0.1, -0.05) is 0 Å². The zero-order valence-corrected chi connectivity index (χ0v) is 11.9. The summed E-state index contributed by atoms with van der Waals surface area (Å²) in [6, 6.07) is 6.38. The average molecular weight is 292 g/mol. The van der Waals surface area contributed by atoms with E-state index in [0.29, 0.717) is 12.2 Å². The molecule has 0 aliphatic heterocycles. The minimum Gasteiger partial charge on any atom is -0.453 e. The number of aryl methyl sites for hydroxylation is 1. The number of anilines is 2. The van der Waals surface area contributed by atoms with Crippen LogP contribution in [0, 0.1) is 5.82 Å². The summed E-state index contributed by atoms with van der Waals surface area (Å²) in [5.74, 6) is -0.533. The lowest BCUT2D eigenvalue weighted by Gasteiger charge is -2.10. The summed E-state index contributed by atoms with van der Waals surface area (Å²) in [5, 5.41) is 9.57. The van der Waals surface area contributed by atoms with Crippen LogP contribution >= 0.6 is 0 Å². The smallest absolute Gasteiger partial charge is 0.411 e. The molecule has 0 saturated heterocycles. The molecule has 21 heavy (non-hydrogen) atoms.